The van der Waals surface area contributed by atoms with Gasteiger partial charge in [0.2, 0.25) is 0 Å². The molecule has 3 heterocycles. The Bertz CT molecular complexity index is 1560. The van der Waals surface area contributed by atoms with Crippen LogP contribution in [-0.4, -0.2) is 15.9 Å². The number of hydrogen-bond acceptors (Lipinski definition) is 5. The number of nitrogens with one attached hydrogen (secondary N) is 2. The van der Waals surface area contributed by atoms with E-state index in [2.05, 4.69) is 15.6 Å². The molecule has 0 spiro atoms. The zero-order valence-electron chi connectivity index (χ0n) is 18.9. The van der Waals surface area contributed by atoms with Gasteiger partial charge in [0.25, 0.3) is 5.91 Å². The number of fused-ring (bicyclic) bond motifs is 1. The van der Waals surface area contributed by atoms with Crippen molar-refractivity contribution in [2.24, 2.45) is 0 Å². The predicted octanol–water partition coefficient (Wildman–Crippen LogP) is 7.68. The Hall–Kier alpha value is -4.24. The lowest BCUT2D eigenvalue weighted by atomic mass is 10.1. The van der Waals surface area contributed by atoms with E-state index in [1.807, 2.05) is 42.6 Å². The van der Waals surface area contributed by atoms with Gasteiger partial charge >= 0.3 is 6.18 Å². The molecule has 5 nitrogen and oxygen atoms in total. The monoisotopic (exact) mass is 504 g/mol. The van der Waals surface area contributed by atoms with E-state index in [9.17, 15) is 18.0 Å². The minimum Gasteiger partial charge on any atom is -0.355 e. The van der Waals surface area contributed by atoms with E-state index >= 15 is 0 Å². The number of nitrogens with zero attached hydrogens (tertiary/aromatic N) is 2. The molecule has 36 heavy (non-hydrogen) atoms. The van der Waals surface area contributed by atoms with E-state index < -0.39 is 17.6 Å². The minimum absolute atomic E-state index is 0.0739. The fraction of sp³-hybridized carbons (Fsp3) is 0.0741. The van der Waals surface area contributed by atoms with Gasteiger partial charge in [-0.15, -0.1) is 11.3 Å². The first-order valence-corrected chi connectivity index (χ1v) is 11.8. The van der Waals surface area contributed by atoms with Gasteiger partial charge in [0.1, 0.15) is 4.83 Å². The quantitative estimate of drug-likeness (QED) is 0.258. The molecule has 0 saturated carbocycles. The lowest BCUT2D eigenvalue weighted by Gasteiger charge is -2.15. The number of hydrogen-bond donors (Lipinski definition) is 2. The van der Waals surface area contributed by atoms with Crippen molar-refractivity contribution in [3.8, 4) is 11.3 Å². The van der Waals surface area contributed by atoms with E-state index in [0.29, 0.717) is 5.69 Å². The second-order valence-electron chi connectivity index (χ2n) is 8.12. The van der Waals surface area contributed by atoms with Gasteiger partial charge in [-0.1, -0.05) is 12.1 Å². The largest absolute Gasteiger partial charge is 0.416 e. The van der Waals surface area contributed by atoms with Gasteiger partial charge in [-0.25, -0.2) is 4.98 Å². The molecule has 0 unspecified atom stereocenters. The number of pyridine rings is 2. The van der Waals surface area contributed by atoms with Gasteiger partial charge in [-0.05, 0) is 72.5 Å². The number of aryl methyl sites for hydroxylation is 1. The highest BCUT2D eigenvalue weighted by Gasteiger charge is 2.30. The fourth-order valence-electron chi connectivity index (χ4n) is 3.73. The Balaban J connectivity index is 1.44. The maximum Gasteiger partial charge on any atom is 0.416 e. The summed E-state index contributed by atoms with van der Waals surface area (Å²) < 4.78 is 39.1. The second-order valence-corrected chi connectivity index (χ2v) is 9.02. The van der Waals surface area contributed by atoms with Crippen LogP contribution >= 0.6 is 11.3 Å². The molecule has 5 rings (SSSR count). The summed E-state index contributed by atoms with van der Waals surface area (Å²) in [7, 11) is 0. The molecule has 0 radical (unpaired) electrons. The number of thiophene rings is 1. The zero-order valence-corrected chi connectivity index (χ0v) is 19.7. The Morgan fingerprint density at radius 1 is 0.972 bits per heavy atom. The van der Waals surface area contributed by atoms with Crippen molar-refractivity contribution >= 4 is 44.5 Å². The van der Waals surface area contributed by atoms with Crippen LogP contribution in [0.15, 0.2) is 84.5 Å². The molecule has 0 fully saturated rings. The molecule has 0 saturated heterocycles. The number of alkyl halides is 3. The molecule has 0 aliphatic heterocycles. The van der Waals surface area contributed by atoms with Gasteiger partial charge in [0, 0.05) is 40.3 Å². The van der Waals surface area contributed by atoms with Crippen molar-refractivity contribution in [2.75, 3.05) is 10.6 Å². The van der Waals surface area contributed by atoms with Gasteiger partial charge in [0.15, 0.2) is 0 Å². The molecule has 9 heteroatoms. The summed E-state index contributed by atoms with van der Waals surface area (Å²) in [6, 6.07) is 17.4. The van der Waals surface area contributed by atoms with Crippen LogP contribution in [0.5, 0.6) is 0 Å². The van der Waals surface area contributed by atoms with E-state index in [1.165, 1.54) is 23.5 Å². The lowest BCUT2D eigenvalue weighted by molar-refractivity contribution is -0.137. The van der Waals surface area contributed by atoms with Gasteiger partial charge in [0.05, 0.1) is 16.9 Å². The Kier molecular flexibility index (Phi) is 6.15. The van der Waals surface area contributed by atoms with Gasteiger partial charge in [-0.3, -0.25) is 9.78 Å². The van der Waals surface area contributed by atoms with Crippen LogP contribution in [0, 0.1) is 6.92 Å². The highest BCUT2D eigenvalue weighted by Crippen LogP contribution is 2.34. The van der Waals surface area contributed by atoms with Gasteiger partial charge < -0.3 is 10.6 Å². The first-order valence-electron chi connectivity index (χ1n) is 10.9. The van der Waals surface area contributed by atoms with Crippen LogP contribution in [0.1, 0.15) is 21.5 Å². The number of rotatable bonds is 5. The topological polar surface area (TPSA) is 66.9 Å². The molecule has 2 N–H and O–H groups in total. The van der Waals surface area contributed by atoms with Crippen LogP contribution in [0.3, 0.4) is 0 Å². The van der Waals surface area contributed by atoms with Crippen LogP contribution < -0.4 is 10.6 Å². The van der Waals surface area contributed by atoms with Crippen molar-refractivity contribution in [3.63, 3.8) is 0 Å². The third kappa shape index (κ3) is 4.92. The van der Waals surface area contributed by atoms with Crippen LogP contribution in [0.4, 0.5) is 30.2 Å². The van der Waals surface area contributed by atoms with E-state index in [1.54, 1.807) is 24.5 Å². The molecule has 0 atom stereocenters. The molecular formula is C27H19F3N4OS. The summed E-state index contributed by atoms with van der Waals surface area (Å²) in [6.45, 7) is 1.93. The molecule has 1 amide bonds. The van der Waals surface area contributed by atoms with Crippen molar-refractivity contribution in [1.82, 2.24) is 9.97 Å². The normalized spacial score (nSPS) is 11.4. The zero-order chi connectivity index (χ0) is 25.3. The summed E-state index contributed by atoms with van der Waals surface area (Å²) in [4.78, 5) is 22.5. The highest BCUT2D eigenvalue weighted by molar-refractivity contribution is 7.16. The number of anilines is 3. The smallest absolute Gasteiger partial charge is 0.355 e. The molecule has 0 aliphatic carbocycles. The SMILES string of the molecule is Cc1ccc(NC(=O)c2cccc(C(F)(F)F)c2)cc1Nc1cc(-c2cccnc2)nc2sccc12. The average Bonchev–Trinajstić information content (AvgIpc) is 3.35. The highest BCUT2D eigenvalue weighted by atomic mass is 32.1. The molecule has 180 valence electrons. The molecule has 0 bridgehead atoms. The standard InChI is InChI=1S/C27H19F3N4OS/c1-16-7-8-20(32-25(35)17-4-2-6-19(12-17)27(28,29)30)13-22(16)33-24-14-23(18-5-3-10-31-15-18)34-26-21(24)9-11-36-26/h2-15H,1H3,(H,32,35)(H,33,34). The van der Waals surface area contributed by atoms with Crippen LogP contribution in [0.2, 0.25) is 0 Å². The summed E-state index contributed by atoms with van der Waals surface area (Å²) in [5.74, 6) is -0.626. The minimum atomic E-state index is -4.52. The number of benzene rings is 2. The number of carbonyl (C=O) groups excluding carboxylic acids is 1. The summed E-state index contributed by atoms with van der Waals surface area (Å²) in [6.07, 6.45) is -1.07. The number of aromatic nitrogens is 2. The van der Waals surface area contributed by atoms with E-state index in [4.69, 9.17) is 4.98 Å². The lowest BCUT2D eigenvalue weighted by Crippen LogP contribution is -2.14. The van der Waals surface area contributed by atoms with Crippen LogP contribution in [0.25, 0.3) is 21.5 Å². The molecule has 0 aliphatic rings. The Morgan fingerprint density at radius 2 is 1.83 bits per heavy atom. The van der Waals surface area contributed by atoms with E-state index in [-0.39, 0.29) is 5.56 Å². The first kappa shape index (κ1) is 23.5. The van der Waals surface area contributed by atoms with Crippen molar-refractivity contribution < 1.29 is 18.0 Å². The van der Waals surface area contributed by atoms with Crippen molar-refractivity contribution in [2.45, 2.75) is 13.1 Å². The summed E-state index contributed by atoms with van der Waals surface area (Å²) in [5.41, 5.74) is 3.67. The summed E-state index contributed by atoms with van der Waals surface area (Å²) >= 11 is 1.53. The second kappa shape index (κ2) is 9.43. The van der Waals surface area contributed by atoms with E-state index in [0.717, 1.165) is 50.5 Å². The maximum atomic E-state index is 13.0. The number of carbonyl (C=O) groups is 1. The average molecular weight is 505 g/mol. The van der Waals surface area contributed by atoms with Crippen molar-refractivity contribution in [1.29, 1.82) is 0 Å². The molecule has 3 aromatic heterocycles. The number of halogens is 3. The van der Waals surface area contributed by atoms with Gasteiger partial charge in [-0.2, -0.15) is 13.2 Å². The molecule has 2 aromatic carbocycles. The third-order valence-corrected chi connectivity index (χ3v) is 6.42. The molecule has 5 aromatic rings. The van der Waals surface area contributed by atoms with Crippen molar-refractivity contribution in [3.05, 3.63) is 101 Å². The fourth-order valence-corrected chi connectivity index (χ4v) is 4.52. The molecular weight excluding hydrogens is 485 g/mol. The summed E-state index contributed by atoms with van der Waals surface area (Å²) in [5, 5.41) is 9.05. The maximum absolute atomic E-state index is 13.0. The predicted molar refractivity (Wildman–Crippen MR) is 137 cm³/mol. The third-order valence-electron chi connectivity index (χ3n) is 5.61. The van der Waals surface area contributed by atoms with Crippen LogP contribution in [-0.2, 0) is 6.18 Å². The Morgan fingerprint density at radius 3 is 2.61 bits per heavy atom. The first-order chi connectivity index (χ1) is 17.3. The Labute approximate surface area is 208 Å². The number of amides is 1.